The molecule has 0 fully saturated rings. The first-order valence-corrected chi connectivity index (χ1v) is 11.0. The van der Waals surface area contributed by atoms with E-state index in [0.29, 0.717) is 5.56 Å². The van der Waals surface area contributed by atoms with Crippen LogP contribution < -0.4 is 19.9 Å². The quantitative estimate of drug-likeness (QED) is 0.393. The molecule has 1 aliphatic rings. The zero-order chi connectivity index (χ0) is 26.5. The van der Waals surface area contributed by atoms with Gasteiger partial charge in [-0.15, -0.1) is 8.78 Å². The molecule has 12 heteroatoms. The highest BCUT2D eigenvalue weighted by molar-refractivity contribution is 5.95. The van der Waals surface area contributed by atoms with Gasteiger partial charge in [-0.2, -0.15) is 10.4 Å². The van der Waals surface area contributed by atoms with E-state index >= 15 is 0 Å². The smallest absolute Gasteiger partial charge is 0.462 e. The number of hydrogen-bond acceptors (Lipinski definition) is 7. The summed E-state index contributed by atoms with van der Waals surface area (Å²) in [5.74, 6) is -1.65. The van der Waals surface area contributed by atoms with Crippen LogP contribution in [0.1, 0.15) is 18.1 Å². The van der Waals surface area contributed by atoms with Gasteiger partial charge in [-0.1, -0.05) is 0 Å². The highest BCUT2D eigenvalue weighted by Crippen LogP contribution is 2.44. The second kappa shape index (κ2) is 8.70. The molecule has 4 aromatic rings. The molecule has 0 spiro atoms. The monoisotopic (exact) mass is 510 g/mol. The number of furan rings is 1. The first-order valence-electron chi connectivity index (χ1n) is 11.0. The zero-order valence-corrected chi connectivity index (χ0v) is 19.4. The SMILES string of the molecule is CCN(C(=O)Cn1nc(-c2cc(F)cc(C#N)c2)c2occc2c1=O)c1cc2c(cc1C)OC(F)(F)O2. The average Bonchev–Trinajstić information content (AvgIpc) is 3.44. The summed E-state index contributed by atoms with van der Waals surface area (Å²) in [7, 11) is 0. The maximum atomic E-state index is 14.1. The molecule has 0 N–H and O–H groups in total. The summed E-state index contributed by atoms with van der Waals surface area (Å²) in [5, 5.41) is 13.6. The number of fused-ring (bicyclic) bond motifs is 2. The van der Waals surface area contributed by atoms with Gasteiger partial charge in [-0.05, 0) is 49.7 Å². The molecule has 0 saturated carbocycles. The molecule has 0 unspecified atom stereocenters. The first-order chi connectivity index (χ1) is 17.6. The van der Waals surface area contributed by atoms with Crippen molar-refractivity contribution >= 4 is 22.6 Å². The zero-order valence-electron chi connectivity index (χ0n) is 19.4. The standard InChI is InChI=1S/C25H17F3N4O5/c1-3-31(18-10-20-19(6-13(18)2)36-25(27,28)37-20)21(33)12-32-24(34)17-4-5-35-23(17)22(30-32)15-7-14(11-29)8-16(26)9-15/h4-10H,3,12H2,1-2H3. The molecular formula is C25H17F3N4O5. The number of hydrogen-bond donors (Lipinski definition) is 0. The number of carbonyl (C=O) groups is 1. The Labute approximate surface area is 206 Å². The molecule has 1 amide bonds. The van der Waals surface area contributed by atoms with E-state index in [9.17, 15) is 28.0 Å². The number of anilines is 1. The van der Waals surface area contributed by atoms with Crippen LogP contribution in [0.3, 0.4) is 0 Å². The van der Waals surface area contributed by atoms with Crippen LogP contribution >= 0.6 is 0 Å². The van der Waals surface area contributed by atoms with E-state index in [-0.39, 0.29) is 51.5 Å². The molecule has 0 radical (unpaired) electrons. The summed E-state index contributed by atoms with van der Waals surface area (Å²) in [6.45, 7) is 2.90. The Balaban J connectivity index is 1.54. The van der Waals surface area contributed by atoms with Gasteiger partial charge in [0.05, 0.1) is 29.0 Å². The molecule has 0 aliphatic carbocycles. The summed E-state index contributed by atoms with van der Waals surface area (Å²) in [6.07, 6.45) is -2.55. The van der Waals surface area contributed by atoms with Gasteiger partial charge in [0, 0.05) is 18.2 Å². The fourth-order valence-electron chi connectivity index (χ4n) is 4.17. The van der Waals surface area contributed by atoms with Crippen molar-refractivity contribution in [3.63, 3.8) is 0 Å². The number of alkyl halides is 2. The van der Waals surface area contributed by atoms with Crippen LogP contribution in [0, 0.1) is 24.1 Å². The molecule has 0 atom stereocenters. The number of carbonyl (C=O) groups excluding carboxylic acids is 1. The number of rotatable bonds is 5. The number of likely N-dealkylation sites (N-methyl/N-ethyl adjacent to an activating group) is 1. The van der Waals surface area contributed by atoms with Gasteiger partial charge in [-0.3, -0.25) is 9.59 Å². The van der Waals surface area contributed by atoms with E-state index in [2.05, 4.69) is 14.6 Å². The Morgan fingerprint density at radius 2 is 1.92 bits per heavy atom. The lowest BCUT2D eigenvalue weighted by Crippen LogP contribution is -2.38. The van der Waals surface area contributed by atoms with Crippen molar-refractivity contribution in [2.75, 3.05) is 11.4 Å². The second-order valence-corrected chi connectivity index (χ2v) is 8.21. The topological polar surface area (TPSA) is 111 Å². The molecule has 2 aromatic heterocycles. The fourth-order valence-corrected chi connectivity index (χ4v) is 4.17. The largest absolute Gasteiger partial charge is 0.586 e. The first kappa shape index (κ1) is 23.9. The average molecular weight is 510 g/mol. The fraction of sp³-hybridized carbons (Fsp3) is 0.200. The van der Waals surface area contributed by atoms with Gasteiger partial charge in [0.25, 0.3) is 5.56 Å². The van der Waals surface area contributed by atoms with E-state index < -0.39 is 30.1 Å². The van der Waals surface area contributed by atoms with Crippen molar-refractivity contribution in [3.8, 4) is 28.8 Å². The number of amides is 1. The van der Waals surface area contributed by atoms with E-state index in [1.54, 1.807) is 13.8 Å². The minimum atomic E-state index is -3.82. The number of halogens is 3. The molecule has 1 aliphatic heterocycles. The number of nitrogens with zero attached hydrogens (tertiary/aromatic N) is 4. The van der Waals surface area contributed by atoms with Crippen LogP contribution in [0.4, 0.5) is 18.9 Å². The van der Waals surface area contributed by atoms with Gasteiger partial charge >= 0.3 is 6.29 Å². The number of aromatic nitrogens is 2. The van der Waals surface area contributed by atoms with E-state index in [1.165, 1.54) is 35.4 Å². The van der Waals surface area contributed by atoms with Crippen LogP contribution in [0.5, 0.6) is 11.5 Å². The maximum Gasteiger partial charge on any atom is 0.586 e. The summed E-state index contributed by atoms with van der Waals surface area (Å²) in [5.41, 5.74) is 0.468. The van der Waals surface area contributed by atoms with E-state index in [4.69, 9.17) is 4.42 Å². The second-order valence-electron chi connectivity index (χ2n) is 8.21. The number of benzene rings is 2. The van der Waals surface area contributed by atoms with Crippen LogP contribution in [-0.4, -0.2) is 28.5 Å². The summed E-state index contributed by atoms with van der Waals surface area (Å²) < 4.78 is 56.4. The van der Waals surface area contributed by atoms with Crippen molar-refractivity contribution in [1.29, 1.82) is 5.26 Å². The number of ether oxygens (including phenoxy) is 2. The Hall–Kier alpha value is -4.79. The lowest BCUT2D eigenvalue weighted by Gasteiger charge is -2.23. The summed E-state index contributed by atoms with van der Waals surface area (Å²) in [4.78, 5) is 27.7. The molecule has 0 bridgehead atoms. The Morgan fingerprint density at radius 1 is 1.19 bits per heavy atom. The normalized spacial score (nSPS) is 13.5. The molecule has 9 nitrogen and oxygen atoms in total. The van der Waals surface area contributed by atoms with Gasteiger partial charge in [0.2, 0.25) is 5.91 Å². The minimum absolute atomic E-state index is 0.0337. The third kappa shape index (κ3) is 4.24. The van der Waals surface area contributed by atoms with Crippen LogP contribution in [0.25, 0.3) is 22.2 Å². The molecular weight excluding hydrogens is 493 g/mol. The van der Waals surface area contributed by atoms with Gasteiger partial charge in [0.15, 0.2) is 17.1 Å². The third-order valence-electron chi connectivity index (χ3n) is 5.78. The van der Waals surface area contributed by atoms with Crippen LogP contribution in [0.15, 0.2) is 51.9 Å². The maximum absolute atomic E-state index is 14.1. The third-order valence-corrected chi connectivity index (χ3v) is 5.78. The lowest BCUT2D eigenvalue weighted by molar-refractivity contribution is -0.286. The Bertz CT molecular complexity index is 1670. The predicted octanol–water partition coefficient (Wildman–Crippen LogP) is 4.35. The molecule has 2 aromatic carbocycles. The van der Waals surface area contributed by atoms with E-state index in [0.717, 1.165) is 16.8 Å². The van der Waals surface area contributed by atoms with Gasteiger partial charge in [0.1, 0.15) is 18.1 Å². The Kier molecular flexibility index (Phi) is 5.63. The van der Waals surface area contributed by atoms with Crippen LogP contribution in [0.2, 0.25) is 0 Å². The van der Waals surface area contributed by atoms with Gasteiger partial charge < -0.3 is 18.8 Å². The predicted molar refractivity (Wildman–Crippen MR) is 124 cm³/mol. The van der Waals surface area contributed by atoms with E-state index in [1.807, 2.05) is 6.07 Å². The van der Waals surface area contributed by atoms with Crippen molar-refractivity contribution in [3.05, 3.63) is 70.0 Å². The van der Waals surface area contributed by atoms with Crippen molar-refractivity contribution in [1.82, 2.24) is 9.78 Å². The molecule has 37 heavy (non-hydrogen) atoms. The molecule has 0 saturated heterocycles. The minimum Gasteiger partial charge on any atom is -0.462 e. The highest BCUT2D eigenvalue weighted by Gasteiger charge is 2.44. The van der Waals surface area contributed by atoms with Crippen molar-refractivity contribution in [2.24, 2.45) is 0 Å². The lowest BCUT2D eigenvalue weighted by atomic mass is 10.1. The summed E-state index contributed by atoms with van der Waals surface area (Å²) in [6, 6.07) is 9.41. The van der Waals surface area contributed by atoms with Crippen molar-refractivity contribution in [2.45, 2.75) is 26.7 Å². The number of aryl methyl sites for hydroxylation is 1. The Morgan fingerprint density at radius 3 is 2.62 bits per heavy atom. The highest BCUT2D eigenvalue weighted by atomic mass is 19.3. The van der Waals surface area contributed by atoms with Gasteiger partial charge in [-0.25, -0.2) is 9.07 Å². The van der Waals surface area contributed by atoms with Crippen LogP contribution in [-0.2, 0) is 11.3 Å². The van der Waals surface area contributed by atoms with Crippen molar-refractivity contribution < 1.29 is 31.9 Å². The molecule has 188 valence electrons. The summed E-state index contributed by atoms with van der Waals surface area (Å²) >= 11 is 0. The number of nitriles is 1. The molecule has 5 rings (SSSR count). The molecule has 3 heterocycles.